The molecule has 0 aliphatic carbocycles. The number of amides is 3. The molecule has 23 heteroatoms. The number of fused-ring (bicyclic) bond motifs is 1. The summed E-state index contributed by atoms with van der Waals surface area (Å²) >= 11 is 0. The van der Waals surface area contributed by atoms with E-state index in [0.717, 1.165) is 12.1 Å². The first-order valence-corrected chi connectivity index (χ1v) is 23.9. The first kappa shape index (κ1) is 47.0. The molecule has 6 heterocycles. The molecule has 9 rings (SSSR count). The van der Waals surface area contributed by atoms with Crippen LogP contribution in [0.15, 0.2) is 72.0 Å². The van der Waals surface area contributed by atoms with Gasteiger partial charge < -0.3 is 24.6 Å². The van der Waals surface area contributed by atoms with Crippen molar-refractivity contribution in [2.45, 2.75) is 50.2 Å². The Morgan fingerprint density at radius 3 is 2.38 bits per heavy atom. The van der Waals surface area contributed by atoms with E-state index in [1.165, 1.54) is 59.0 Å². The highest BCUT2D eigenvalue weighted by Crippen LogP contribution is 2.35. The summed E-state index contributed by atoms with van der Waals surface area (Å²) in [7, 11) is -2.62. The van der Waals surface area contributed by atoms with Gasteiger partial charge in [-0.2, -0.15) is 18.0 Å². The van der Waals surface area contributed by atoms with Crippen LogP contribution in [0.25, 0.3) is 16.6 Å². The van der Waals surface area contributed by atoms with Gasteiger partial charge in [0.15, 0.2) is 11.6 Å². The number of halogens is 2. The van der Waals surface area contributed by atoms with Crippen molar-refractivity contribution in [3.63, 3.8) is 0 Å². The molecule has 360 valence electrons. The molecule has 3 N–H and O–H groups in total. The zero-order chi connectivity index (χ0) is 48.4. The Bertz CT molecular complexity index is 3010. The van der Waals surface area contributed by atoms with Gasteiger partial charge in [-0.15, -0.1) is 0 Å². The van der Waals surface area contributed by atoms with Crippen LogP contribution < -0.4 is 30.6 Å². The molecular weight excluding hydrogens is 919 g/mol. The number of anilines is 3. The molecule has 4 aliphatic rings. The lowest BCUT2D eigenvalue weighted by Gasteiger charge is -2.37. The second kappa shape index (κ2) is 19.8. The van der Waals surface area contributed by atoms with E-state index in [2.05, 4.69) is 35.2 Å². The average Bonchev–Trinajstić information content (AvgIpc) is 3.85. The molecule has 4 fully saturated rings. The molecule has 0 radical (unpaired) electrons. The predicted molar refractivity (Wildman–Crippen MR) is 247 cm³/mol. The van der Waals surface area contributed by atoms with Crippen molar-refractivity contribution in [2.24, 2.45) is 0 Å². The summed E-state index contributed by atoms with van der Waals surface area (Å²) < 4.78 is 72.6. The number of hydrogen-bond donors (Lipinski definition) is 3. The van der Waals surface area contributed by atoms with Gasteiger partial charge in [0, 0.05) is 58.5 Å². The number of nitrogens with zero attached hydrogens (tertiary/aromatic N) is 9. The van der Waals surface area contributed by atoms with Crippen molar-refractivity contribution in [1.29, 1.82) is 5.26 Å². The van der Waals surface area contributed by atoms with E-state index in [0.29, 0.717) is 93.4 Å². The van der Waals surface area contributed by atoms with Gasteiger partial charge in [0.05, 0.1) is 47.3 Å². The fourth-order valence-corrected chi connectivity index (χ4v) is 10.3. The number of imide groups is 1. The SMILES string of the molecule is CO[C@H]1CCN(S(=O)(=O)Nc2ccc(F)c(Oc3ccc4ncn(-c5cnc(N6CCN(C(=O)CN7CCC(c8ccc(N[C@@H]9CCC(=O)NC9=O)cc8F)CC7)CC6)nc5)c(=O)c4c3)c2C#N)C1. The lowest BCUT2D eigenvalue weighted by molar-refractivity contribution is -0.134. The Kier molecular flexibility index (Phi) is 13.5. The number of hydrogen-bond acceptors (Lipinski definition) is 15. The molecule has 3 amide bonds. The molecule has 2 atom stereocenters. The molecule has 0 spiro atoms. The molecule has 4 aliphatic heterocycles. The lowest BCUT2D eigenvalue weighted by Crippen LogP contribution is -2.52. The van der Waals surface area contributed by atoms with Crippen molar-refractivity contribution in [3.8, 4) is 23.3 Å². The Morgan fingerprint density at radius 1 is 0.913 bits per heavy atom. The smallest absolute Gasteiger partial charge is 0.301 e. The fourth-order valence-electron chi connectivity index (χ4n) is 9.06. The second-order valence-electron chi connectivity index (χ2n) is 17.3. The molecule has 69 heavy (non-hydrogen) atoms. The molecule has 0 bridgehead atoms. The molecule has 5 aromatic rings. The molecule has 2 aromatic heterocycles. The van der Waals surface area contributed by atoms with Crippen LogP contribution in [-0.2, 0) is 29.3 Å². The van der Waals surface area contributed by atoms with Crippen molar-refractivity contribution in [3.05, 3.63) is 100 Å². The number of likely N-dealkylation sites (tertiary alicyclic amines) is 1. The number of methoxy groups -OCH3 is 1. The van der Waals surface area contributed by atoms with Gasteiger partial charge >= 0.3 is 10.2 Å². The van der Waals surface area contributed by atoms with E-state index in [-0.39, 0.29) is 72.5 Å². The largest absolute Gasteiger partial charge is 0.453 e. The molecule has 20 nitrogen and oxygen atoms in total. The van der Waals surface area contributed by atoms with Crippen molar-refractivity contribution in [2.75, 3.05) is 81.0 Å². The number of carbonyl (C=O) groups excluding carboxylic acids is 3. The van der Waals surface area contributed by atoms with E-state index in [1.54, 1.807) is 12.1 Å². The minimum atomic E-state index is -4.12. The van der Waals surface area contributed by atoms with Crippen molar-refractivity contribution >= 4 is 56.2 Å². The van der Waals surface area contributed by atoms with E-state index >= 15 is 8.78 Å². The van der Waals surface area contributed by atoms with Crippen molar-refractivity contribution < 1.29 is 41.1 Å². The average molecular weight is 967 g/mol. The van der Waals surface area contributed by atoms with E-state index in [4.69, 9.17) is 9.47 Å². The molecule has 0 unspecified atom stereocenters. The topological polar surface area (TPSA) is 237 Å². The quantitative estimate of drug-likeness (QED) is 0.144. The predicted octanol–water partition coefficient (Wildman–Crippen LogP) is 3.24. The number of aromatic nitrogens is 4. The highest BCUT2D eigenvalue weighted by atomic mass is 32.2. The number of nitriles is 1. The second-order valence-corrected chi connectivity index (χ2v) is 18.9. The monoisotopic (exact) mass is 966 g/mol. The molecule has 3 aromatic carbocycles. The third-order valence-electron chi connectivity index (χ3n) is 13.0. The van der Waals surface area contributed by atoms with E-state index < -0.39 is 44.8 Å². The summed E-state index contributed by atoms with van der Waals surface area (Å²) in [6.45, 7) is 3.72. The van der Waals surface area contributed by atoms with Crippen LogP contribution in [0.3, 0.4) is 0 Å². The summed E-state index contributed by atoms with van der Waals surface area (Å²) in [6.07, 6.45) is 6.45. The first-order chi connectivity index (χ1) is 33.3. The number of carbonyl (C=O) groups is 3. The zero-order valence-electron chi connectivity index (χ0n) is 37.4. The van der Waals surface area contributed by atoms with Gasteiger partial charge in [-0.05, 0) is 92.7 Å². The third-order valence-corrected chi connectivity index (χ3v) is 14.5. The maximum atomic E-state index is 15.3. The Morgan fingerprint density at radius 2 is 1.68 bits per heavy atom. The maximum absolute atomic E-state index is 15.3. The number of piperidine rings is 2. The van der Waals surface area contributed by atoms with Crippen LogP contribution in [0, 0.1) is 23.0 Å². The number of rotatable bonds is 13. The third kappa shape index (κ3) is 10.2. The normalized spacial score (nSPS) is 19.6. The summed E-state index contributed by atoms with van der Waals surface area (Å²) in [5.74, 6) is -2.16. The van der Waals surface area contributed by atoms with E-state index in [9.17, 15) is 32.9 Å². The first-order valence-electron chi connectivity index (χ1n) is 22.5. The van der Waals surface area contributed by atoms with Gasteiger partial charge in [-0.25, -0.2) is 23.7 Å². The Labute approximate surface area is 395 Å². The minimum absolute atomic E-state index is 0.00187. The fraction of sp³-hybridized carbons (Fsp3) is 0.391. The number of ether oxygens (including phenoxy) is 2. The van der Waals surface area contributed by atoms with Crippen LogP contribution >= 0.6 is 0 Å². The molecular formula is C46H48F2N12O8S. The van der Waals surface area contributed by atoms with E-state index in [1.807, 2.05) is 15.9 Å². The standard InChI is InChI=1S/C46H48F2N12O8S/c1-67-32-12-15-59(25-32)69(65,66)55-39-7-5-36(47)43(35(39)22-49)68-31-3-6-38-34(21-31)45(64)60(27-52-38)30-23-50-46(51-24-30)58-18-16-57(17-19-58)42(62)26-56-13-10-28(11-14-56)33-4-2-29(20-37(33)48)53-40-8-9-41(61)54-44(40)63/h2-7,20-21,23-24,27-28,32,40,53,55H,8-19,25-26H2,1H3,(H,54,61,63)/t32-,40+/m0/s1. The summed E-state index contributed by atoms with van der Waals surface area (Å²) in [5, 5.41) is 15.4. The van der Waals surface area contributed by atoms with Crippen LogP contribution in [0.1, 0.15) is 49.1 Å². The van der Waals surface area contributed by atoms with Gasteiger partial charge in [0.25, 0.3) is 5.56 Å². The lowest BCUT2D eigenvalue weighted by atomic mass is 9.89. The number of benzene rings is 3. The summed E-state index contributed by atoms with van der Waals surface area (Å²) in [6, 6.07) is 12.5. The molecule has 0 saturated carbocycles. The van der Waals surface area contributed by atoms with Crippen molar-refractivity contribution in [1.82, 2.24) is 38.9 Å². The van der Waals surface area contributed by atoms with Gasteiger partial charge in [-0.3, -0.25) is 38.7 Å². The Balaban J connectivity index is 0.781. The molecule has 4 saturated heterocycles. The van der Waals surface area contributed by atoms with Crippen LogP contribution in [0.4, 0.5) is 26.1 Å². The van der Waals surface area contributed by atoms with Gasteiger partial charge in [0.1, 0.15) is 35.6 Å². The summed E-state index contributed by atoms with van der Waals surface area (Å²) in [5.41, 5.74) is 0.603. The van der Waals surface area contributed by atoms with Crippen LogP contribution in [0.5, 0.6) is 11.5 Å². The highest BCUT2D eigenvalue weighted by Gasteiger charge is 2.33. The van der Waals surface area contributed by atoms with Crippen LogP contribution in [-0.4, -0.2) is 138 Å². The van der Waals surface area contributed by atoms with Crippen LogP contribution in [0.2, 0.25) is 0 Å². The minimum Gasteiger partial charge on any atom is -0.453 e. The number of nitrogens with one attached hydrogen (secondary N) is 3. The van der Waals surface area contributed by atoms with Gasteiger partial charge in [-0.1, -0.05) is 6.07 Å². The summed E-state index contributed by atoms with van der Waals surface area (Å²) in [4.78, 5) is 70.0. The highest BCUT2D eigenvalue weighted by molar-refractivity contribution is 7.90. The maximum Gasteiger partial charge on any atom is 0.301 e. The zero-order valence-corrected chi connectivity index (χ0v) is 38.3. The Hall–Kier alpha value is -7.13. The van der Waals surface area contributed by atoms with Gasteiger partial charge in [0.2, 0.25) is 23.7 Å². The number of piperazine rings is 1.